The summed E-state index contributed by atoms with van der Waals surface area (Å²) in [5.74, 6) is -0.637. The maximum Gasteiger partial charge on any atom is 0.323 e. The van der Waals surface area contributed by atoms with E-state index in [9.17, 15) is 14.4 Å². The zero-order chi connectivity index (χ0) is 15.6. The molecule has 0 spiro atoms. The minimum atomic E-state index is -1.00. The zero-order valence-corrected chi connectivity index (χ0v) is 12.5. The topological polar surface area (TPSA) is 90.0 Å². The largest absolute Gasteiger partial charge is 0.480 e. The molecule has 0 aromatic carbocycles. The molecular weight excluding hydrogens is 274 g/mol. The van der Waals surface area contributed by atoms with Crippen molar-refractivity contribution in [1.82, 2.24) is 15.1 Å². The van der Waals surface area contributed by atoms with Crippen molar-refractivity contribution in [2.24, 2.45) is 5.92 Å². The van der Waals surface area contributed by atoms with E-state index in [1.54, 1.807) is 4.90 Å². The van der Waals surface area contributed by atoms with E-state index in [-0.39, 0.29) is 36.5 Å². The molecule has 0 aromatic rings. The highest BCUT2D eigenvalue weighted by Crippen LogP contribution is 2.26. The van der Waals surface area contributed by atoms with Gasteiger partial charge in [-0.1, -0.05) is 0 Å². The molecule has 2 aliphatic rings. The van der Waals surface area contributed by atoms with Gasteiger partial charge >= 0.3 is 12.0 Å². The van der Waals surface area contributed by atoms with Gasteiger partial charge in [0.2, 0.25) is 5.91 Å². The Kier molecular flexibility index (Phi) is 4.69. The summed E-state index contributed by atoms with van der Waals surface area (Å²) in [5.41, 5.74) is 0. The summed E-state index contributed by atoms with van der Waals surface area (Å²) in [4.78, 5) is 37.9. The van der Waals surface area contributed by atoms with Gasteiger partial charge in [0.25, 0.3) is 0 Å². The first-order chi connectivity index (χ1) is 9.88. The number of aliphatic carboxylic acids is 1. The molecule has 3 amide bonds. The van der Waals surface area contributed by atoms with Gasteiger partial charge in [0.1, 0.15) is 6.54 Å². The second-order valence-corrected chi connectivity index (χ2v) is 6.11. The first-order valence-corrected chi connectivity index (χ1v) is 7.45. The van der Waals surface area contributed by atoms with Gasteiger partial charge in [0.05, 0.1) is 0 Å². The van der Waals surface area contributed by atoms with Crippen LogP contribution in [0.3, 0.4) is 0 Å². The van der Waals surface area contributed by atoms with E-state index in [0.717, 1.165) is 12.8 Å². The number of carbonyl (C=O) groups excluding carboxylic acids is 2. The van der Waals surface area contributed by atoms with Gasteiger partial charge in [-0.3, -0.25) is 9.59 Å². The molecule has 2 unspecified atom stereocenters. The summed E-state index contributed by atoms with van der Waals surface area (Å²) in [6.45, 7) is 4.50. The number of fused-ring (bicyclic) bond motifs is 1. The number of hydrogen-bond acceptors (Lipinski definition) is 3. The SMILES string of the molecule is CC(C)N(CC(=O)O)C(=O)N1CCC2NC(=O)CCC2C1. The Morgan fingerprint density at radius 1 is 1.43 bits per heavy atom. The van der Waals surface area contributed by atoms with Gasteiger partial charge in [-0.2, -0.15) is 0 Å². The monoisotopic (exact) mass is 297 g/mol. The number of carboxylic acid groups (broad SMARTS) is 1. The van der Waals surface area contributed by atoms with E-state index in [4.69, 9.17) is 5.11 Å². The fourth-order valence-electron chi connectivity index (χ4n) is 3.08. The lowest BCUT2D eigenvalue weighted by Gasteiger charge is -2.43. The van der Waals surface area contributed by atoms with Gasteiger partial charge in [0, 0.05) is 31.6 Å². The van der Waals surface area contributed by atoms with Gasteiger partial charge in [-0.15, -0.1) is 0 Å². The van der Waals surface area contributed by atoms with Crippen LogP contribution in [0.15, 0.2) is 0 Å². The van der Waals surface area contributed by atoms with E-state index < -0.39 is 5.97 Å². The maximum absolute atomic E-state index is 12.5. The molecule has 7 heteroatoms. The van der Waals surface area contributed by atoms with E-state index in [1.807, 2.05) is 13.8 Å². The second-order valence-electron chi connectivity index (χ2n) is 6.11. The van der Waals surface area contributed by atoms with Crippen molar-refractivity contribution in [3.8, 4) is 0 Å². The number of hydrogen-bond donors (Lipinski definition) is 2. The van der Waals surface area contributed by atoms with Crippen LogP contribution in [0.1, 0.15) is 33.1 Å². The van der Waals surface area contributed by atoms with Gasteiger partial charge < -0.3 is 20.2 Å². The Balaban J connectivity index is 1.99. The van der Waals surface area contributed by atoms with Crippen LogP contribution in [-0.2, 0) is 9.59 Å². The predicted molar refractivity (Wildman–Crippen MR) is 75.7 cm³/mol. The third-order valence-electron chi connectivity index (χ3n) is 4.27. The molecular formula is C14H23N3O4. The quantitative estimate of drug-likeness (QED) is 0.794. The third kappa shape index (κ3) is 3.65. The van der Waals surface area contributed by atoms with Crippen LogP contribution in [0, 0.1) is 5.92 Å². The van der Waals surface area contributed by atoms with Crippen molar-refractivity contribution in [1.29, 1.82) is 0 Å². The lowest BCUT2D eigenvalue weighted by atomic mass is 9.85. The summed E-state index contributed by atoms with van der Waals surface area (Å²) in [6.07, 6.45) is 2.04. The molecule has 7 nitrogen and oxygen atoms in total. The second kappa shape index (κ2) is 6.32. The Bertz CT molecular complexity index is 438. The molecule has 118 valence electrons. The Morgan fingerprint density at radius 2 is 2.14 bits per heavy atom. The van der Waals surface area contributed by atoms with Crippen LogP contribution in [0.5, 0.6) is 0 Å². The molecule has 2 saturated heterocycles. The highest BCUT2D eigenvalue weighted by molar-refractivity contribution is 5.81. The summed E-state index contributed by atoms with van der Waals surface area (Å²) in [7, 11) is 0. The fourth-order valence-corrected chi connectivity index (χ4v) is 3.08. The number of nitrogens with one attached hydrogen (secondary N) is 1. The summed E-state index contributed by atoms with van der Waals surface area (Å²) in [6, 6.07) is -0.220. The van der Waals surface area contributed by atoms with Crippen LogP contribution in [0.4, 0.5) is 4.79 Å². The molecule has 2 fully saturated rings. The van der Waals surface area contributed by atoms with E-state index in [2.05, 4.69) is 5.32 Å². The maximum atomic E-state index is 12.5. The molecule has 2 heterocycles. The Morgan fingerprint density at radius 3 is 2.76 bits per heavy atom. The molecule has 21 heavy (non-hydrogen) atoms. The first kappa shape index (κ1) is 15.6. The lowest BCUT2D eigenvalue weighted by Crippen LogP contribution is -2.58. The number of carboxylic acids is 1. The van der Waals surface area contributed by atoms with Crippen molar-refractivity contribution < 1.29 is 19.5 Å². The normalized spacial score (nSPS) is 25.3. The summed E-state index contributed by atoms with van der Waals surface area (Å²) >= 11 is 0. The lowest BCUT2D eigenvalue weighted by molar-refractivity contribution is -0.138. The standard InChI is InChI=1S/C14H23N3O4/c1-9(2)17(8-13(19)20)14(21)16-6-5-11-10(7-16)3-4-12(18)15-11/h9-11H,3-8H2,1-2H3,(H,15,18)(H,19,20). The molecule has 2 rings (SSSR count). The molecule has 0 aromatic heterocycles. The number of piperidine rings is 2. The number of carbonyl (C=O) groups is 3. The fraction of sp³-hybridized carbons (Fsp3) is 0.786. The highest BCUT2D eigenvalue weighted by Gasteiger charge is 2.37. The van der Waals surface area contributed by atoms with Crippen LogP contribution in [-0.4, -0.2) is 64.5 Å². The molecule has 0 aliphatic carbocycles. The van der Waals surface area contributed by atoms with Crippen molar-refractivity contribution in [3.63, 3.8) is 0 Å². The third-order valence-corrected chi connectivity index (χ3v) is 4.27. The van der Waals surface area contributed by atoms with Gasteiger partial charge in [-0.25, -0.2) is 4.79 Å². The number of nitrogens with zero attached hydrogens (tertiary/aromatic N) is 2. The molecule has 0 bridgehead atoms. The van der Waals surface area contributed by atoms with Crippen molar-refractivity contribution in [2.75, 3.05) is 19.6 Å². The van der Waals surface area contributed by atoms with E-state index in [0.29, 0.717) is 19.5 Å². The highest BCUT2D eigenvalue weighted by atomic mass is 16.4. The Labute approximate surface area is 124 Å². The van der Waals surface area contributed by atoms with Crippen LogP contribution in [0.25, 0.3) is 0 Å². The predicted octanol–water partition coefficient (Wildman–Crippen LogP) is 0.502. The molecule has 2 N–H and O–H groups in total. The number of urea groups is 1. The average Bonchev–Trinajstić information content (AvgIpc) is 2.43. The van der Waals surface area contributed by atoms with Gasteiger partial charge in [-0.05, 0) is 32.6 Å². The Hall–Kier alpha value is -1.79. The van der Waals surface area contributed by atoms with Gasteiger partial charge in [0.15, 0.2) is 0 Å². The smallest absolute Gasteiger partial charge is 0.323 e. The summed E-state index contributed by atoms with van der Waals surface area (Å²) in [5, 5.41) is 11.9. The van der Waals surface area contributed by atoms with Crippen LogP contribution >= 0.6 is 0 Å². The van der Waals surface area contributed by atoms with Crippen molar-refractivity contribution >= 4 is 17.9 Å². The molecule has 0 saturated carbocycles. The first-order valence-electron chi connectivity index (χ1n) is 7.45. The molecule has 2 aliphatic heterocycles. The zero-order valence-electron chi connectivity index (χ0n) is 12.5. The van der Waals surface area contributed by atoms with Crippen molar-refractivity contribution in [3.05, 3.63) is 0 Å². The number of rotatable bonds is 3. The minimum absolute atomic E-state index is 0.0886. The molecule has 0 radical (unpaired) electrons. The van der Waals surface area contributed by atoms with Crippen molar-refractivity contribution in [2.45, 2.75) is 45.2 Å². The van der Waals surface area contributed by atoms with E-state index >= 15 is 0 Å². The average molecular weight is 297 g/mol. The van der Waals surface area contributed by atoms with Crippen LogP contribution < -0.4 is 5.32 Å². The molecule has 2 atom stereocenters. The number of amides is 3. The number of likely N-dealkylation sites (tertiary alicyclic amines) is 1. The van der Waals surface area contributed by atoms with Crippen LogP contribution in [0.2, 0.25) is 0 Å². The summed E-state index contributed by atoms with van der Waals surface area (Å²) < 4.78 is 0. The minimum Gasteiger partial charge on any atom is -0.480 e. The van der Waals surface area contributed by atoms with E-state index in [1.165, 1.54) is 4.90 Å².